The molecule has 0 fully saturated rings. The van der Waals surface area contributed by atoms with Crippen molar-refractivity contribution in [2.24, 2.45) is 0 Å². The lowest BCUT2D eigenvalue weighted by molar-refractivity contribution is -0.149. The van der Waals surface area contributed by atoms with Crippen LogP contribution < -0.4 is 0 Å². The van der Waals surface area contributed by atoms with Gasteiger partial charge in [-0.1, -0.05) is 37.3 Å². The van der Waals surface area contributed by atoms with Crippen molar-refractivity contribution in [1.29, 1.82) is 0 Å². The number of benzene rings is 1. The Morgan fingerprint density at radius 3 is 2.58 bits per heavy atom. The fraction of sp³-hybridized carbons (Fsp3) is 0.400. The van der Waals surface area contributed by atoms with Crippen LogP contribution >= 0.6 is 0 Å². The quantitative estimate of drug-likeness (QED) is 0.622. The molecule has 3 rings (SSSR count). The lowest BCUT2D eigenvalue weighted by Gasteiger charge is -2.12. The van der Waals surface area contributed by atoms with Gasteiger partial charge in [-0.2, -0.15) is 0 Å². The number of ketones is 1. The van der Waals surface area contributed by atoms with Crippen molar-refractivity contribution in [2.45, 2.75) is 52.2 Å². The lowest BCUT2D eigenvalue weighted by Crippen LogP contribution is -2.18. The van der Waals surface area contributed by atoms with Crippen molar-refractivity contribution >= 4 is 11.8 Å². The van der Waals surface area contributed by atoms with E-state index >= 15 is 0 Å². The number of hydrogen-bond donors (Lipinski definition) is 0. The maximum Gasteiger partial charge on any atom is 0.315 e. The van der Waals surface area contributed by atoms with E-state index in [2.05, 4.69) is 0 Å². The fourth-order valence-corrected chi connectivity index (χ4v) is 3.38. The van der Waals surface area contributed by atoms with Crippen LogP contribution in [-0.4, -0.2) is 22.4 Å². The number of aromatic nitrogens is 1. The molecule has 1 atom stereocenters. The zero-order chi connectivity index (χ0) is 17.3. The van der Waals surface area contributed by atoms with Crippen molar-refractivity contribution < 1.29 is 14.3 Å². The molecule has 0 amide bonds. The fourth-order valence-electron chi connectivity index (χ4n) is 3.38. The average Bonchev–Trinajstić information content (AvgIpc) is 3.12. The van der Waals surface area contributed by atoms with Gasteiger partial charge in [0.05, 0.1) is 17.7 Å². The first-order valence-electron chi connectivity index (χ1n) is 8.55. The van der Waals surface area contributed by atoms with E-state index in [1.165, 1.54) is 0 Å². The molecule has 1 unspecified atom stereocenters. The van der Waals surface area contributed by atoms with E-state index in [1.54, 1.807) is 0 Å². The monoisotopic (exact) mass is 325 g/mol. The van der Waals surface area contributed by atoms with Crippen LogP contribution in [0.4, 0.5) is 0 Å². The first-order chi connectivity index (χ1) is 11.5. The minimum absolute atomic E-state index is 0.0246. The highest BCUT2D eigenvalue weighted by atomic mass is 16.5. The summed E-state index contributed by atoms with van der Waals surface area (Å²) in [4.78, 5) is 25.3. The normalized spacial score (nSPS) is 16.2. The van der Waals surface area contributed by atoms with E-state index in [4.69, 9.17) is 4.74 Å². The second kappa shape index (κ2) is 6.63. The molecule has 0 saturated heterocycles. The van der Waals surface area contributed by atoms with Crippen LogP contribution in [0, 0.1) is 0 Å². The summed E-state index contributed by atoms with van der Waals surface area (Å²) in [5.41, 5.74) is 3.32. The van der Waals surface area contributed by atoms with Gasteiger partial charge >= 0.3 is 5.97 Å². The molecule has 126 valence electrons. The summed E-state index contributed by atoms with van der Waals surface area (Å²) in [6.07, 6.45) is 1.33. The third kappa shape index (κ3) is 2.88. The Morgan fingerprint density at radius 2 is 1.96 bits per heavy atom. The van der Waals surface area contributed by atoms with E-state index in [0.29, 0.717) is 18.5 Å². The SMILES string of the molecule is CCc1cc2n(c1C(=O)c1ccccc1)CCC2C(=O)OC(C)C. The number of nitrogens with zero attached hydrogens (tertiary/aromatic N) is 1. The molecule has 0 bridgehead atoms. The van der Waals surface area contributed by atoms with Gasteiger partial charge < -0.3 is 9.30 Å². The van der Waals surface area contributed by atoms with Gasteiger partial charge in [-0.05, 0) is 38.3 Å². The Morgan fingerprint density at radius 1 is 1.25 bits per heavy atom. The molecule has 0 spiro atoms. The predicted octanol–water partition coefficient (Wildman–Crippen LogP) is 3.72. The molecule has 1 aliphatic rings. The van der Waals surface area contributed by atoms with E-state index in [1.807, 2.05) is 61.7 Å². The number of esters is 1. The van der Waals surface area contributed by atoms with Gasteiger partial charge in [0.15, 0.2) is 0 Å². The molecule has 2 heterocycles. The lowest BCUT2D eigenvalue weighted by atomic mass is 10.0. The molecule has 4 heteroatoms. The maximum absolute atomic E-state index is 13.0. The predicted molar refractivity (Wildman–Crippen MR) is 92.3 cm³/mol. The summed E-state index contributed by atoms with van der Waals surface area (Å²) in [7, 11) is 0. The number of rotatable bonds is 5. The van der Waals surface area contributed by atoms with Crippen LogP contribution in [0.25, 0.3) is 0 Å². The number of hydrogen-bond acceptors (Lipinski definition) is 3. The van der Waals surface area contributed by atoms with Crippen LogP contribution in [0.15, 0.2) is 36.4 Å². The Kier molecular flexibility index (Phi) is 4.56. The number of ether oxygens (including phenoxy) is 1. The highest BCUT2D eigenvalue weighted by molar-refractivity contribution is 6.09. The van der Waals surface area contributed by atoms with Gasteiger partial charge in [0, 0.05) is 17.8 Å². The van der Waals surface area contributed by atoms with Crippen molar-refractivity contribution in [2.75, 3.05) is 0 Å². The van der Waals surface area contributed by atoms with Gasteiger partial charge in [-0.15, -0.1) is 0 Å². The van der Waals surface area contributed by atoms with Gasteiger partial charge in [0.2, 0.25) is 5.78 Å². The summed E-state index contributed by atoms with van der Waals surface area (Å²) in [5.74, 6) is -0.436. The zero-order valence-electron chi connectivity index (χ0n) is 14.4. The van der Waals surface area contributed by atoms with E-state index in [0.717, 1.165) is 23.4 Å². The van der Waals surface area contributed by atoms with Crippen LogP contribution in [0.5, 0.6) is 0 Å². The van der Waals surface area contributed by atoms with Gasteiger partial charge in [-0.25, -0.2) is 0 Å². The number of aryl methyl sites for hydroxylation is 1. The summed E-state index contributed by atoms with van der Waals surface area (Å²) in [6, 6.07) is 11.3. The molecule has 0 aliphatic carbocycles. The van der Waals surface area contributed by atoms with Crippen molar-refractivity contribution in [3.63, 3.8) is 0 Å². The third-order valence-electron chi connectivity index (χ3n) is 4.47. The molecule has 0 N–H and O–H groups in total. The summed E-state index contributed by atoms with van der Waals surface area (Å²) in [6.45, 7) is 6.43. The van der Waals surface area contributed by atoms with E-state index < -0.39 is 0 Å². The van der Waals surface area contributed by atoms with Crippen LogP contribution in [0.1, 0.15) is 60.4 Å². The van der Waals surface area contributed by atoms with E-state index in [9.17, 15) is 9.59 Å². The largest absolute Gasteiger partial charge is 0.462 e. The molecular formula is C20H23NO3. The Labute approximate surface area is 142 Å². The average molecular weight is 325 g/mol. The van der Waals surface area contributed by atoms with Crippen molar-refractivity contribution in [3.05, 3.63) is 58.9 Å². The van der Waals surface area contributed by atoms with Crippen LogP contribution in [0.2, 0.25) is 0 Å². The zero-order valence-corrected chi connectivity index (χ0v) is 14.4. The molecule has 2 aromatic rings. The second-order valence-electron chi connectivity index (χ2n) is 6.47. The topological polar surface area (TPSA) is 48.3 Å². The number of fused-ring (bicyclic) bond motifs is 1. The Bertz CT molecular complexity index is 759. The Balaban J connectivity index is 1.99. The minimum atomic E-state index is -0.268. The minimum Gasteiger partial charge on any atom is -0.462 e. The highest BCUT2D eigenvalue weighted by Crippen LogP contribution is 2.35. The third-order valence-corrected chi connectivity index (χ3v) is 4.47. The van der Waals surface area contributed by atoms with Gasteiger partial charge in [0.25, 0.3) is 0 Å². The standard InChI is InChI=1S/C20H23NO3/c1-4-14-12-17-16(20(23)24-13(2)3)10-11-21(17)18(14)19(22)15-8-6-5-7-9-15/h5-9,12-13,16H,4,10-11H2,1-3H3. The Hall–Kier alpha value is -2.36. The first kappa shape index (κ1) is 16.5. The second-order valence-corrected chi connectivity index (χ2v) is 6.47. The number of carbonyl (C=O) groups excluding carboxylic acids is 2. The molecule has 0 saturated carbocycles. The maximum atomic E-state index is 13.0. The number of carbonyl (C=O) groups is 2. The molecule has 1 aliphatic heterocycles. The van der Waals surface area contributed by atoms with Crippen molar-refractivity contribution in [1.82, 2.24) is 4.57 Å². The van der Waals surface area contributed by atoms with Crippen LogP contribution in [0.3, 0.4) is 0 Å². The molecule has 4 nitrogen and oxygen atoms in total. The highest BCUT2D eigenvalue weighted by Gasteiger charge is 2.35. The summed E-state index contributed by atoms with van der Waals surface area (Å²) in [5, 5.41) is 0. The van der Waals surface area contributed by atoms with E-state index in [-0.39, 0.29) is 23.8 Å². The summed E-state index contributed by atoms with van der Waals surface area (Å²) >= 11 is 0. The molecule has 1 aromatic heterocycles. The molecule has 0 radical (unpaired) electrons. The van der Waals surface area contributed by atoms with Crippen molar-refractivity contribution in [3.8, 4) is 0 Å². The van der Waals surface area contributed by atoms with Crippen LogP contribution in [-0.2, 0) is 22.5 Å². The molecule has 1 aromatic carbocycles. The smallest absolute Gasteiger partial charge is 0.315 e. The molecular weight excluding hydrogens is 302 g/mol. The first-order valence-corrected chi connectivity index (χ1v) is 8.55. The van der Waals surface area contributed by atoms with Gasteiger partial charge in [-0.3, -0.25) is 9.59 Å². The summed E-state index contributed by atoms with van der Waals surface area (Å²) < 4.78 is 7.40. The van der Waals surface area contributed by atoms with Gasteiger partial charge in [0.1, 0.15) is 0 Å². The molecule has 24 heavy (non-hydrogen) atoms.